The fourth-order valence-electron chi connectivity index (χ4n) is 3.16. The van der Waals surface area contributed by atoms with Crippen molar-refractivity contribution in [2.75, 3.05) is 26.2 Å². The number of nitrogens with zero attached hydrogens (tertiary/aromatic N) is 2. The standard InChI is InChI=1S/C20H27N3O2S/c24-20(21-9-6-12-23-10-3-1-2-4-11-23)17-7-5-8-19(13-17)25-14-18-15-26-16-22-18/h5,7-8,13,15-16H,1-4,6,9-12,14H2,(H,21,24). The lowest BCUT2D eigenvalue weighted by Gasteiger charge is -2.19. The Morgan fingerprint density at radius 1 is 1.23 bits per heavy atom. The molecule has 0 saturated carbocycles. The van der Waals surface area contributed by atoms with Crippen molar-refractivity contribution in [3.05, 3.63) is 46.4 Å². The van der Waals surface area contributed by atoms with Crippen LogP contribution in [0.15, 0.2) is 35.2 Å². The number of aromatic nitrogens is 1. The number of likely N-dealkylation sites (tertiary alicyclic amines) is 1. The molecule has 0 radical (unpaired) electrons. The lowest BCUT2D eigenvalue weighted by atomic mass is 10.2. The van der Waals surface area contributed by atoms with Gasteiger partial charge in [0.15, 0.2) is 0 Å². The van der Waals surface area contributed by atoms with Crippen molar-refractivity contribution in [3.63, 3.8) is 0 Å². The summed E-state index contributed by atoms with van der Waals surface area (Å²) in [5, 5.41) is 4.98. The van der Waals surface area contributed by atoms with E-state index in [2.05, 4.69) is 15.2 Å². The molecule has 0 aliphatic carbocycles. The second kappa shape index (κ2) is 10.3. The zero-order valence-electron chi connectivity index (χ0n) is 15.2. The van der Waals surface area contributed by atoms with Crippen molar-refractivity contribution in [2.24, 2.45) is 0 Å². The number of carbonyl (C=O) groups excluding carboxylic acids is 1. The number of hydrogen-bond donors (Lipinski definition) is 1. The van der Waals surface area contributed by atoms with Crippen molar-refractivity contribution in [2.45, 2.75) is 38.7 Å². The molecule has 0 unspecified atom stereocenters. The molecule has 0 bridgehead atoms. The Morgan fingerprint density at radius 2 is 2.08 bits per heavy atom. The quantitative estimate of drug-likeness (QED) is 0.717. The van der Waals surface area contributed by atoms with Gasteiger partial charge in [-0.1, -0.05) is 18.9 Å². The third kappa shape index (κ3) is 6.11. The average molecular weight is 374 g/mol. The highest BCUT2D eigenvalue weighted by Gasteiger charge is 2.10. The number of nitrogens with one attached hydrogen (secondary N) is 1. The van der Waals surface area contributed by atoms with Crippen molar-refractivity contribution in [1.29, 1.82) is 0 Å². The molecule has 1 aromatic heterocycles. The topological polar surface area (TPSA) is 54.5 Å². The second-order valence-corrected chi connectivity index (χ2v) is 7.38. The van der Waals surface area contributed by atoms with Crippen LogP contribution in [0.2, 0.25) is 0 Å². The van der Waals surface area contributed by atoms with Gasteiger partial charge in [0.1, 0.15) is 12.4 Å². The third-order valence-electron chi connectivity index (χ3n) is 4.60. The van der Waals surface area contributed by atoms with Gasteiger partial charge in [0, 0.05) is 17.5 Å². The maximum atomic E-state index is 12.3. The molecular weight excluding hydrogens is 346 g/mol. The van der Waals surface area contributed by atoms with Gasteiger partial charge < -0.3 is 15.0 Å². The van der Waals surface area contributed by atoms with E-state index in [0.29, 0.717) is 24.5 Å². The fraction of sp³-hybridized carbons (Fsp3) is 0.500. The van der Waals surface area contributed by atoms with Gasteiger partial charge in [0.2, 0.25) is 0 Å². The molecule has 6 heteroatoms. The maximum Gasteiger partial charge on any atom is 0.251 e. The largest absolute Gasteiger partial charge is 0.487 e. The summed E-state index contributed by atoms with van der Waals surface area (Å²) in [7, 11) is 0. The van der Waals surface area contributed by atoms with Crippen LogP contribution in [0.25, 0.3) is 0 Å². The fourth-order valence-corrected chi connectivity index (χ4v) is 3.70. The van der Waals surface area contributed by atoms with E-state index in [4.69, 9.17) is 4.74 Å². The molecule has 0 atom stereocenters. The lowest BCUT2D eigenvalue weighted by molar-refractivity contribution is 0.0951. The predicted octanol–water partition coefficient (Wildman–Crippen LogP) is 3.72. The molecule has 1 saturated heterocycles. The number of thiazole rings is 1. The highest BCUT2D eigenvalue weighted by Crippen LogP contribution is 2.15. The molecule has 2 heterocycles. The lowest BCUT2D eigenvalue weighted by Crippen LogP contribution is -2.30. The van der Waals surface area contributed by atoms with Crippen LogP contribution < -0.4 is 10.1 Å². The van der Waals surface area contributed by atoms with E-state index in [1.807, 2.05) is 23.6 Å². The Kier molecular flexibility index (Phi) is 7.46. The molecule has 1 aliphatic heterocycles. The smallest absolute Gasteiger partial charge is 0.251 e. The minimum Gasteiger partial charge on any atom is -0.487 e. The number of ether oxygens (including phenoxy) is 1. The minimum absolute atomic E-state index is 0.0417. The molecule has 3 rings (SSSR count). The van der Waals surface area contributed by atoms with E-state index < -0.39 is 0 Å². The van der Waals surface area contributed by atoms with Gasteiger partial charge in [-0.15, -0.1) is 11.3 Å². The number of benzene rings is 1. The predicted molar refractivity (Wildman–Crippen MR) is 105 cm³/mol. The van der Waals surface area contributed by atoms with Crippen LogP contribution in [-0.4, -0.2) is 42.0 Å². The first-order chi connectivity index (χ1) is 12.8. The Hall–Kier alpha value is -1.92. The van der Waals surface area contributed by atoms with E-state index >= 15 is 0 Å². The highest BCUT2D eigenvalue weighted by atomic mass is 32.1. The van der Waals surface area contributed by atoms with E-state index in [0.717, 1.165) is 18.7 Å². The van der Waals surface area contributed by atoms with Crippen LogP contribution in [-0.2, 0) is 6.61 Å². The van der Waals surface area contributed by atoms with Crippen molar-refractivity contribution in [1.82, 2.24) is 15.2 Å². The molecule has 0 spiro atoms. The highest BCUT2D eigenvalue weighted by molar-refractivity contribution is 7.07. The first kappa shape index (κ1) is 18.9. The Labute approximate surface area is 159 Å². The molecule has 1 amide bonds. The van der Waals surface area contributed by atoms with Crippen LogP contribution in [0.4, 0.5) is 0 Å². The van der Waals surface area contributed by atoms with Crippen molar-refractivity contribution in [3.8, 4) is 5.75 Å². The molecule has 5 nitrogen and oxygen atoms in total. The molecule has 26 heavy (non-hydrogen) atoms. The summed E-state index contributed by atoms with van der Waals surface area (Å²) in [4.78, 5) is 19.1. The van der Waals surface area contributed by atoms with Gasteiger partial charge in [-0.05, 0) is 57.1 Å². The summed E-state index contributed by atoms with van der Waals surface area (Å²) in [5.41, 5.74) is 3.32. The first-order valence-corrected chi connectivity index (χ1v) is 10.4. The molecule has 1 aliphatic rings. The molecule has 1 aromatic carbocycles. The summed E-state index contributed by atoms with van der Waals surface area (Å²) in [5.74, 6) is 0.648. The van der Waals surface area contributed by atoms with E-state index in [1.54, 1.807) is 22.9 Å². The van der Waals surface area contributed by atoms with Crippen molar-refractivity contribution >= 4 is 17.2 Å². The zero-order chi connectivity index (χ0) is 18.0. The summed E-state index contributed by atoms with van der Waals surface area (Å²) >= 11 is 1.55. The molecule has 2 aromatic rings. The van der Waals surface area contributed by atoms with E-state index in [9.17, 15) is 4.79 Å². The van der Waals surface area contributed by atoms with Crippen molar-refractivity contribution < 1.29 is 9.53 Å². The summed E-state index contributed by atoms with van der Waals surface area (Å²) < 4.78 is 5.72. The number of amides is 1. The Bertz CT molecular complexity index is 667. The van der Waals surface area contributed by atoms with Gasteiger partial charge in [-0.3, -0.25) is 4.79 Å². The van der Waals surface area contributed by atoms with Crippen LogP contribution in [0.3, 0.4) is 0 Å². The van der Waals surface area contributed by atoms with E-state index in [-0.39, 0.29) is 5.91 Å². The molecular formula is C20H27N3O2S. The van der Waals surface area contributed by atoms with Gasteiger partial charge in [-0.2, -0.15) is 0 Å². The monoisotopic (exact) mass is 373 g/mol. The number of carbonyl (C=O) groups is 1. The first-order valence-electron chi connectivity index (χ1n) is 9.42. The summed E-state index contributed by atoms with van der Waals surface area (Å²) in [6.45, 7) is 4.60. The summed E-state index contributed by atoms with van der Waals surface area (Å²) in [6, 6.07) is 7.32. The molecule has 140 valence electrons. The van der Waals surface area contributed by atoms with Gasteiger partial charge in [-0.25, -0.2) is 4.98 Å². The van der Waals surface area contributed by atoms with Gasteiger partial charge >= 0.3 is 0 Å². The maximum absolute atomic E-state index is 12.3. The number of hydrogen-bond acceptors (Lipinski definition) is 5. The van der Waals surface area contributed by atoms with Crippen LogP contribution in [0, 0.1) is 0 Å². The molecule has 1 fully saturated rings. The Balaban J connectivity index is 1.40. The third-order valence-corrected chi connectivity index (χ3v) is 5.24. The van der Waals surface area contributed by atoms with Gasteiger partial charge in [0.05, 0.1) is 11.2 Å². The normalized spacial score (nSPS) is 15.4. The van der Waals surface area contributed by atoms with E-state index in [1.165, 1.54) is 38.8 Å². The molecule has 1 N–H and O–H groups in total. The zero-order valence-corrected chi connectivity index (χ0v) is 16.0. The minimum atomic E-state index is -0.0417. The SMILES string of the molecule is O=C(NCCCN1CCCCCC1)c1cccc(OCc2cscn2)c1. The van der Waals surface area contributed by atoms with Gasteiger partial charge in [0.25, 0.3) is 5.91 Å². The second-order valence-electron chi connectivity index (χ2n) is 6.66. The number of rotatable bonds is 8. The summed E-state index contributed by atoms with van der Waals surface area (Å²) in [6.07, 6.45) is 6.31. The Morgan fingerprint density at radius 3 is 2.85 bits per heavy atom. The average Bonchev–Trinajstić information content (AvgIpc) is 3.06. The van der Waals surface area contributed by atoms with Crippen LogP contribution in [0.1, 0.15) is 48.2 Å². The van der Waals surface area contributed by atoms with Crippen LogP contribution >= 0.6 is 11.3 Å². The van der Waals surface area contributed by atoms with Crippen LogP contribution in [0.5, 0.6) is 5.75 Å².